The molecule has 0 aromatic carbocycles. The molecule has 1 rings (SSSR count). The Labute approximate surface area is 47.6 Å². The minimum atomic E-state index is -0.745. The average molecular weight is 115 g/mol. The zero-order valence-electron chi connectivity index (χ0n) is 4.68. The normalized spacial score (nSPS) is 27.2. The van der Waals surface area contributed by atoms with Gasteiger partial charge in [0, 0.05) is 6.42 Å². The van der Waals surface area contributed by atoms with E-state index in [1.807, 2.05) is 6.92 Å². The van der Waals surface area contributed by atoms with Crippen LogP contribution in [0, 0.1) is 0 Å². The van der Waals surface area contributed by atoms with Crippen LogP contribution in [0.2, 0.25) is 0 Å². The molecule has 0 aromatic rings. The second-order valence-corrected chi connectivity index (χ2v) is 1.57. The molecule has 4 heteroatoms. The molecular weight excluding hydrogens is 106 g/mol. The van der Waals surface area contributed by atoms with Crippen LogP contribution in [-0.2, 0) is 0 Å². The standard InChI is InChI=1S/C4H9N3O/c1-2-3-5-4(8)7-6-3/h4,7-8H,2H2,1H3,(H,5,6). The molecular formula is C4H9N3O. The fourth-order valence-corrected chi connectivity index (χ4v) is 0.540. The van der Waals surface area contributed by atoms with E-state index in [1.54, 1.807) is 0 Å². The van der Waals surface area contributed by atoms with Crippen molar-refractivity contribution in [1.29, 1.82) is 0 Å². The lowest BCUT2D eigenvalue weighted by Crippen LogP contribution is -2.34. The van der Waals surface area contributed by atoms with Crippen LogP contribution in [0.4, 0.5) is 0 Å². The molecule has 1 heterocycles. The van der Waals surface area contributed by atoms with Gasteiger partial charge in [0.05, 0.1) is 0 Å². The quantitative estimate of drug-likeness (QED) is 0.418. The topological polar surface area (TPSA) is 56.7 Å². The average Bonchev–Trinajstić information content (AvgIpc) is 2.14. The van der Waals surface area contributed by atoms with Crippen molar-refractivity contribution in [2.24, 2.45) is 4.99 Å². The molecule has 0 spiro atoms. The molecule has 0 saturated heterocycles. The highest BCUT2D eigenvalue weighted by molar-refractivity contribution is 5.82. The summed E-state index contributed by atoms with van der Waals surface area (Å²) in [4.78, 5) is 3.76. The first-order valence-electron chi connectivity index (χ1n) is 2.59. The summed E-state index contributed by atoms with van der Waals surface area (Å²) >= 11 is 0. The maximum atomic E-state index is 8.67. The van der Waals surface area contributed by atoms with E-state index in [4.69, 9.17) is 5.11 Å². The van der Waals surface area contributed by atoms with Gasteiger partial charge in [-0.05, 0) is 0 Å². The number of hydrogen-bond acceptors (Lipinski definition) is 4. The van der Waals surface area contributed by atoms with E-state index >= 15 is 0 Å². The summed E-state index contributed by atoms with van der Waals surface area (Å²) in [6, 6.07) is 0. The van der Waals surface area contributed by atoms with Crippen LogP contribution in [0.25, 0.3) is 0 Å². The largest absolute Gasteiger partial charge is 0.358 e. The fraction of sp³-hybridized carbons (Fsp3) is 0.750. The van der Waals surface area contributed by atoms with Crippen molar-refractivity contribution in [2.45, 2.75) is 19.7 Å². The van der Waals surface area contributed by atoms with Crippen molar-refractivity contribution in [3.05, 3.63) is 0 Å². The molecule has 0 aliphatic carbocycles. The monoisotopic (exact) mass is 115 g/mol. The number of aliphatic hydroxyl groups is 1. The van der Waals surface area contributed by atoms with Crippen molar-refractivity contribution in [3.8, 4) is 0 Å². The van der Waals surface area contributed by atoms with Gasteiger partial charge < -0.3 is 10.5 Å². The van der Waals surface area contributed by atoms with Crippen LogP contribution in [0.1, 0.15) is 13.3 Å². The summed E-state index contributed by atoms with van der Waals surface area (Å²) in [6.45, 7) is 1.96. The Kier molecular flexibility index (Phi) is 1.45. The Balaban J connectivity index is 2.44. The first-order valence-corrected chi connectivity index (χ1v) is 2.59. The van der Waals surface area contributed by atoms with Crippen molar-refractivity contribution >= 4 is 5.84 Å². The smallest absolute Gasteiger partial charge is 0.220 e. The molecule has 0 bridgehead atoms. The molecule has 0 aromatic heterocycles. The molecule has 0 saturated carbocycles. The highest BCUT2D eigenvalue weighted by Gasteiger charge is 2.08. The summed E-state index contributed by atoms with van der Waals surface area (Å²) in [6.07, 6.45) is 0.0781. The van der Waals surface area contributed by atoms with Crippen LogP contribution >= 0.6 is 0 Å². The van der Waals surface area contributed by atoms with Gasteiger partial charge in [-0.25, -0.2) is 4.99 Å². The maximum Gasteiger partial charge on any atom is 0.220 e. The van der Waals surface area contributed by atoms with E-state index < -0.39 is 6.35 Å². The first-order chi connectivity index (χ1) is 3.83. The van der Waals surface area contributed by atoms with Crippen LogP contribution in [0.3, 0.4) is 0 Å². The van der Waals surface area contributed by atoms with Crippen LogP contribution < -0.4 is 10.9 Å². The SMILES string of the molecule is CCC1=NC(O)NN1. The second kappa shape index (κ2) is 2.11. The number of aliphatic hydroxyl groups excluding tert-OH is 1. The molecule has 4 nitrogen and oxygen atoms in total. The van der Waals surface area contributed by atoms with E-state index in [2.05, 4.69) is 15.8 Å². The third-order valence-corrected chi connectivity index (χ3v) is 0.959. The van der Waals surface area contributed by atoms with Gasteiger partial charge in [0.1, 0.15) is 5.84 Å². The van der Waals surface area contributed by atoms with Crippen molar-refractivity contribution in [3.63, 3.8) is 0 Å². The predicted octanol–water partition coefficient (Wildman–Crippen LogP) is -0.821. The molecule has 0 radical (unpaired) electrons. The maximum absolute atomic E-state index is 8.67. The Morgan fingerprint density at radius 2 is 2.62 bits per heavy atom. The Morgan fingerprint density at radius 1 is 1.88 bits per heavy atom. The van der Waals surface area contributed by atoms with Crippen LogP contribution in [-0.4, -0.2) is 17.3 Å². The number of nitrogens with zero attached hydrogens (tertiary/aromatic N) is 1. The molecule has 1 aliphatic rings. The third kappa shape index (κ3) is 0.962. The van der Waals surface area contributed by atoms with E-state index in [0.717, 1.165) is 12.3 Å². The fourth-order valence-electron chi connectivity index (χ4n) is 0.540. The molecule has 0 fully saturated rings. The lowest BCUT2D eigenvalue weighted by atomic mass is 10.5. The number of hydrogen-bond donors (Lipinski definition) is 3. The number of nitrogens with one attached hydrogen (secondary N) is 2. The molecule has 8 heavy (non-hydrogen) atoms. The highest BCUT2D eigenvalue weighted by atomic mass is 16.3. The van der Waals surface area contributed by atoms with Gasteiger partial charge in [-0.15, -0.1) is 0 Å². The van der Waals surface area contributed by atoms with Gasteiger partial charge >= 0.3 is 0 Å². The molecule has 1 aliphatic heterocycles. The van der Waals surface area contributed by atoms with Gasteiger partial charge in [0.15, 0.2) is 0 Å². The Bertz CT molecular complexity index is 112. The highest BCUT2D eigenvalue weighted by Crippen LogP contribution is 1.90. The number of aliphatic imine (C=N–C) groups is 1. The van der Waals surface area contributed by atoms with E-state index in [-0.39, 0.29) is 0 Å². The number of rotatable bonds is 1. The van der Waals surface area contributed by atoms with Crippen LogP contribution in [0.15, 0.2) is 4.99 Å². The van der Waals surface area contributed by atoms with E-state index in [1.165, 1.54) is 0 Å². The lowest BCUT2D eigenvalue weighted by molar-refractivity contribution is 0.152. The van der Waals surface area contributed by atoms with E-state index in [0.29, 0.717) is 0 Å². The van der Waals surface area contributed by atoms with Gasteiger partial charge in [-0.2, -0.15) is 5.43 Å². The van der Waals surface area contributed by atoms with Gasteiger partial charge in [0.25, 0.3) is 0 Å². The van der Waals surface area contributed by atoms with Crippen molar-refractivity contribution in [1.82, 2.24) is 10.9 Å². The summed E-state index contributed by atoms with van der Waals surface area (Å²) < 4.78 is 0. The zero-order valence-corrected chi connectivity index (χ0v) is 4.68. The van der Waals surface area contributed by atoms with Crippen molar-refractivity contribution in [2.75, 3.05) is 0 Å². The molecule has 46 valence electrons. The Hall–Kier alpha value is -0.610. The summed E-state index contributed by atoms with van der Waals surface area (Å²) in [5.41, 5.74) is 5.23. The van der Waals surface area contributed by atoms with Gasteiger partial charge in [0.2, 0.25) is 6.35 Å². The number of amidine groups is 1. The molecule has 1 unspecified atom stereocenters. The summed E-state index contributed by atoms with van der Waals surface area (Å²) in [7, 11) is 0. The molecule has 1 atom stereocenters. The second-order valence-electron chi connectivity index (χ2n) is 1.57. The summed E-state index contributed by atoms with van der Waals surface area (Å²) in [5.74, 6) is 0.803. The Morgan fingerprint density at radius 3 is 2.88 bits per heavy atom. The van der Waals surface area contributed by atoms with Crippen molar-refractivity contribution < 1.29 is 5.11 Å². The molecule has 0 amide bonds. The molecule has 3 N–H and O–H groups in total. The van der Waals surface area contributed by atoms with Gasteiger partial charge in [-0.1, -0.05) is 6.92 Å². The van der Waals surface area contributed by atoms with E-state index in [9.17, 15) is 0 Å². The van der Waals surface area contributed by atoms with Crippen LogP contribution in [0.5, 0.6) is 0 Å². The summed E-state index contributed by atoms with van der Waals surface area (Å²) in [5, 5.41) is 8.67. The third-order valence-electron chi connectivity index (χ3n) is 0.959. The minimum Gasteiger partial charge on any atom is -0.358 e. The lowest BCUT2D eigenvalue weighted by Gasteiger charge is -1.95. The predicted molar refractivity (Wildman–Crippen MR) is 30.0 cm³/mol. The number of hydrazine groups is 1. The first kappa shape index (κ1) is 5.53. The zero-order chi connectivity index (χ0) is 5.98. The van der Waals surface area contributed by atoms with Gasteiger partial charge in [-0.3, -0.25) is 0 Å². The minimum absolute atomic E-state index is 0.745.